The van der Waals surface area contributed by atoms with E-state index in [1.165, 1.54) is 12.5 Å². The van der Waals surface area contributed by atoms with Gasteiger partial charge < -0.3 is 4.74 Å². The monoisotopic (exact) mass is 182 g/mol. The topological polar surface area (TPSA) is 26.3 Å². The third kappa shape index (κ3) is 7.32. The van der Waals surface area contributed by atoms with E-state index in [2.05, 4.69) is 13.0 Å². The van der Waals surface area contributed by atoms with Gasteiger partial charge in [-0.3, -0.25) is 4.79 Å². The Morgan fingerprint density at radius 3 is 2.62 bits per heavy atom. The number of rotatable bonds is 5. The molecular formula is C11H18O2. The van der Waals surface area contributed by atoms with Crippen LogP contribution in [0.5, 0.6) is 0 Å². The Morgan fingerprint density at radius 2 is 2.15 bits per heavy atom. The molecule has 13 heavy (non-hydrogen) atoms. The quantitative estimate of drug-likeness (QED) is 0.482. The molecule has 0 aliphatic carbocycles. The van der Waals surface area contributed by atoms with Crippen molar-refractivity contribution in [3.05, 3.63) is 23.8 Å². The molecule has 0 aliphatic heterocycles. The van der Waals surface area contributed by atoms with Crippen LogP contribution in [0.4, 0.5) is 0 Å². The molecule has 0 bridgehead atoms. The predicted molar refractivity (Wildman–Crippen MR) is 54.4 cm³/mol. The molecule has 0 radical (unpaired) electrons. The van der Waals surface area contributed by atoms with Crippen LogP contribution in [0.25, 0.3) is 0 Å². The van der Waals surface area contributed by atoms with Crippen LogP contribution in [0.15, 0.2) is 23.8 Å². The van der Waals surface area contributed by atoms with Gasteiger partial charge >= 0.3 is 5.97 Å². The average molecular weight is 182 g/mol. The molecule has 74 valence electrons. The van der Waals surface area contributed by atoms with Crippen LogP contribution in [0.1, 0.15) is 33.6 Å². The molecule has 0 amide bonds. The van der Waals surface area contributed by atoms with Gasteiger partial charge in [0.2, 0.25) is 0 Å². The highest BCUT2D eigenvalue weighted by Gasteiger charge is 1.94. The zero-order chi connectivity index (χ0) is 10.1. The normalized spacial score (nSPS) is 12.1. The predicted octanol–water partition coefficient (Wildman–Crippen LogP) is 2.85. The van der Waals surface area contributed by atoms with Crippen molar-refractivity contribution in [2.75, 3.05) is 6.61 Å². The Hall–Kier alpha value is -1.05. The Bertz CT molecular complexity index is 202. The molecule has 0 saturated carbocycles. The molecule has 0 atom stereocenters. The van der Waals surface area contributed by atoms with Gasteiger partial charge in [0.05, 0.1) is 6.61 Å². The van der Waals surface area contributed by atoms with E-state index >= 15 is 0 Å². The van der Waals surface area contributed by atoms with Crippen LogP contribution in [0.3, 0.4) is 0 Å². The Balaban J connectivity index is 3.83. The fraction of sp³-hybridized carbons (Fsp3) is 0.545. The standard InChI is InChI=1S/C11H18O2/c1-4-6-11(7-5-2)8-9-13-10(3)12/h4,6-7H,5,8-9H2,1-3H3/b6-4-,11-7+. The lowest BCUT2D eigenvalue weighted by Gasteiger charge is -2.02. The van der Waals surface area contributed by atoms with Crippen molar-refractivity contribution < 1.29 is 9.53 Å². The van der Waals surface area contributed by atoms with E-state index < -0.39 is 0 Å². The molecule has 0 aliphatic rings. The molecule has 0 N–H and O–H groups in total. The van der Waals surface area contributed by atoms with E-state index in [4.69, 9.17) is 4.74 Å². The van der Waals surface area contributed by atoms with Gasteiger partial charge in [-0.15, -0.1) is 0 Å². The van der Waals surface area contributed by atoms with Gasteiger partial charge in [-0.25, -0.2) is 0 Å². The van der Waals surface area contributed by atoms with E-state index in [0.29, 0.717) is 6.61 Å². The SMILES string of the molecule is C/C=C\C(=C/CC)CCOC(C)=O. The fourth-order valence-corrected chi connectivity index (χ4v) is 1.04. The summed E-state index contributed by atoms with van der Waals surface area (Å²) in [6, 6.07) is 0. The molecule has 0 fully saturated rings. The maximum absolute atomic E-state index is 10.5. The summed E-state index contributed by atoms with van der Waals surface area (Å²) in [7, 11) is 0. The van der Waals surface area contributed by atoms with Gasteiger partial charge in [-0.2, -0.15) is 0 Å². The largest absolute Gasteiger partial charge is 0.466 e. The number of hydrogen-bond acceptors (Lipinski definition) is 2. The second kappa shape index (κ2) is 7.59. The van der Waals surface area contributed by atoms with E-state index in [0.717, 1.165) is 12.8 Å². The van der Waals surface area contributed by atoms with Crippen molar-refractivity contribution in [3.8, 4) is 0 Å². The number of hydrogen-bond donors (Lipinski definition) is 0. The molecule has 2 nitrogen and oxygen atoms in total. The van der Waals surface area contributed by atoms with Gasteiger partial charge in [0.15, 0.2) is 0 Å². The Kier molecular flexibility index (Phi) is 6.98. The first-order valence-electron chi connectivity index (χ1n) is 4.65. The van der Waals surface area contributed by atoms with E-state index in [1.807, 2.05) is 19.1 Å². The first kappa shape index (κ1) is 11.9. The van der Waals surface area contributed by atoms with E-state index in [1.54, 1.807) is 0 Å². The lowest BCUT2D eigenvalue weighted by molar-refractivity contribution is -0.140. The van der Waals surface area contributed by atoms with Crippen molar-refractivity contribution in [2.45, 2.75) is 33.6 Å². The van der Waals surface area contributed by atoms with Crippen LogP contribution < -0.4 is 0 Å². The first-order valence-corrected chi connectivity index (χ1v) is 4.65. The zero-order valence-corrected chi connectivity index (χ0v) is 8.67. The number of carbonyl (C=O) groups excluding carboxylic acids is 1. The minimum absolute atomic E-state index is 0.212. The number of allylic oxidation sites excluding steroid dienone is 3. The molecule has 0 saturated heterocycles. The van der Waals surface area contributed by atoms with Crippen molar-refractivity contribution >= 4 is 5.97 Å². The number of esters is 1. The molecule has 0 rings (SSSR count). The summed E-state index contributed by atoms with van der Waals surface area (Å²) in [5, 5.41) is 0. The molecule has 0 spiro atoms. The summed E-state index contributed by atoms with van der Waals surface area (Å²) in [6.07, 6.45) is 8.00. The maximum Gasteiger partial charge on any atom is 0.302 e. The van der Waals surface area contributed by atoms with Gasteiger partial charge in [-0.05, 0) is 18.9 Å². The number of ether oxygens (including phenoxy) is 1. The summed E-state index contributed by atoms with van der Waals surface area (Å²) in [5.74, 6) is -0.212. The van der Waals surface area contributed by atoms with Crippen LogP contribution in [-0.4, -0.2) is 12.6 Å². The minimum Gasteiger partial charge on any atom is -0.466 e. The third-order valence-electron chi connectivity index (χ3n) is 1.54. The summed E-state index contributed by atoms with van der Waals surface area (Å²) < 4.78 is 4.85. The van der Waals surface area contributed by atoms with Crippen LogP contribution in [0.2, 0.25) is 0 Å². The second-order valence-corrected chi connectivity index (χ2v) is 2.78. The molecule has 0 aromatic rings. The first-order chi connectivity index (χ1) is 6.20. The molecule has 2 heteroatoms. The van der Waals surface area contributed by atoms with E-state index in [-0.39, 0.29) is 5.97 Å². The Morgan fingerprint density at radius 1 is 1.46 bits per heavy atom. The van der Waals surface area contributed by atoms with Gasteiger partial charge in [-0.1, -0.05) is 25.2 Å². The number of carbonyl (C=O) groups is 1. The maximum atomic E-state index is 10.5. The van der Waals surface area contributed by atoms with Gasteiger partial charge in [0, 0.05) is 13.3 Å². The molecule has 0 aromatic carbocycles. The highest BCUT2D eigenvalue weighted by molar-refractivity contribution is 5.65. The van der Waals surface area contributed by atoms with Crippen molar-refractivity contribution in [1.29, 1.82) is 0 Å². The summed E-state index contributed by atoms with van der Waals surface area (Å²) >= 11 is 0. The minimum atomic E-state index is -0.212. The highest BCUT2D eigenvalue weighted by Crippen LogP contribution is 2.05. The van der Waals surface area contributed by atoms with Crippen LogP contribution in [-0.2, 0) is 9.53 Å². The highest BCUT2D eigenvalue weighted by atomic mass is 16.5. The Labute approximate surface area is 80.3 Å². The van der Waals surface area contributed by atoms with Crippen molar-refractivity contribution in [2.24, 2.45) is 0 Å². The summed E-state index contributed by atoms with van der Waals surface area (Å²) in [5.41, 5.74) is 1.23. The lowest BCUT2D eigenvalue weighted by Crippen LogP contribution is -2.00. The molecule has 0 unspecified atom stereocenters. The van der Waals surface area contributed by atoms with Gasteiger partial charge in [0.25, 0.3) is 0 Å². The summed E-state index contributed by atoms with van der Waals surface area (Å²) in [4.78, 5) is 10.5. The van der Waals surface area contributed by atoms with Crippen molar-refractivity contribution in [3.63, 3.8) is 0 Å². The average Bonchev–Trinajstić information content (AvgIpc) is 2.04. The smallest absolute Gasteiger partial charge is 0.302 e. The van der Waals surface area contributed by atoms with Crippen molar-refractivity contribution in [1.82, 2.24) is 0 Å². The van der Waals surface area contributed by atoms with Crippen LogP contribution in [0, 0.1) is 0 Å². The fourth-order valence-electron chi connectivity index (χ4n) is 1.04. The molecular weight excluding hydrogens is 164 g/mol. The second-order valence-electron chi connectivity index (χ2n) is 2.78. The third-order valence-corrected chi connectivity index (χ3v) is 1.54. The van der Waals surface area contributed by atoms with E-state index in [9.17, 15) is 4.79 Å². The van der Waals surface area contributed by atoms with Crippen LogP contribution >= 0.6 is 0 Å². The summed E-state index contributed by atoms with van der Waals surface area (Å²) in [6.45, 7) is 5.98. The van der Waals surface area contributed by atoms with Gasteiger partial charge in [0.1, 0.15) is 0 Å². The molecule has 0 heterocycles. The zero-order valence-electron chi connectivity index (χ0n) is 8.67. The lowest BCUT2D eigenvalue weighted by atomic mass is 10.1. The molecule has 0 aromatic heterocycles.